The molecule has 6 atom stereocenters. The molecule has 0 spiro atoms. The van der Waals surface area contributed by atoms with Gasteiger partial charge in [-0.2, -0.15) is 0 Å². The second kappa shape index (κ2) is 11.4. The van der Waals surface area contributed by atoms with Crippen molar-refractivity contribution in [2.75, 3.05) is 13.2 Å². The molecule has 6 rings (SSSR count). The predicted molar refractivity (Wildman–Crippen MR) is 157 cm³/mol. The number of aromatic amines is 1. The van der Waals surface area contributed by atoms with Crippen LogP contribution in [-0.4, -0.2) is 64.9 Å². The molecular formula is C29H36N3O6PSi. The summed E-state index contributed by atoms with van der Waals surface area (Å²) in [7, 11) is -3.47. The fraction of sp³-hybridized carbons (Fsp3) is 0.448. The third-order valence-corrected chi connectivity index (χ3v) is 14.9. The molecule has 3 aliphatic heterocycles. The van der Waals surface area contributed by atoms with Gasteiger partial charge in [0.2, 0.25) is 0 Å². The van der Waals surface area contributed by atoms with Crippen molar-refractivity contribution in [1.82, 2.24) is 14.2 Å². The monoisotopic (exact) mass is 581 g/mol. The van der Waals surface area contributed by atoms with E-state index in [0.29, 0.717) is 18.0 Å². The van der Waals surface area contributed by atoms with Gasteiger partial charge in [0.05, 0.1) is 18.8 Å². The van der Waals surface area contributed by atoms with E-state index >= 15 is 0 Å². The number of ether oxygens (including phenoxy) is 1. The van der Waals surface area contributed by atoms with E-state index in [2.05, 4.69) is 76.9 Å². The van der Waals surface area contributed by atoms with Gasteiger partial charge in [0, 0.05) is 30.8 Å². The Morgan fingerprint density at radius 2 is 1.75 bits per heavy atom. The molecule has 3 aromatic rings. The standard InChI is InChI=1S/C29H36N3O6PSi/c1-20-17-31(29(35)30-28(20)34)27-16-24(25(18-33)36-27)37-39-32-15-9-14-23(32)26(38-39)19-40(2,21-10-5-3-6-11-21)22-12-7-4-8-13-22/h3-8,10-13,17,23-27,33H,9,14-16,18-19H2,1-2H3,(H,30,34,35)/t23-,24-,25-,26+,27-,39-/m1/s1. The van der Waals surface area contributed by atoms with E-state index in [4.69, 9.17) is 13.8 Å². The summed E-state index contributed by atoms with van der Waals surface area (Å²) in [5.41, 5.74) is -0.531. The van der Waals surface area contributed by atoms with Gasteiger partial charge in [-0.15, -0.1) is 0 Å². The average Bonchev–Trinajstić information content (AvgIpc) is 3.69. The Balaban J connectivity index is 1.22. The predicted octanol–water partition coefficient (Wildman–Crippen LogP) is 2.49. The molecule has 2 N–H and O–H groups in total. The summed E-state index contributed by atoms with van der Waals surface area (Å²) in [5, 5.41) is 12.9. The molecule has 0 radical (unpaired) electrons. The van der Waals surface area contributed by atoms with Crippen LogP contribution in [-0.2, 0) is 13.8 Å². The summed E-state index contributed by atoms with van der Waals surface area (Å²) in [4.78, 5) is 26.7. The van der Waals surface area contributed by atoms with Gasteiger partial charge < -0.3 is 18.9 Å². The van der Waals surface area contributed by atoms with E-state index in [0.717, 1.165) is 25.4 Å². The van der Waals surface area contributed by atoms with E-state index in [9.17, 15) is 14.7 Å². The van der Waals surface area contributed by atoms with Crippen molar-refractivity contribution in [3.8, 4) is 0 Å². The molecule has 0 saturated carbocycles. The Labute approximate surface area is 235 Å². The van der Waals surface area contributed by atoms with E-state index in [-0.39, 0.29) is 12.7 Å². The number of fused-ring (bicyclic) bond motifs is 1. The van der Waals surface area contributed by atoms with Gasteiger partial charge in [-0.25, -0.2) is 9.46 Å². The van der Waals surface area contributed by atoms with E-state index < -0.39 is 46.3 Å². The van der Waals surface area contributed by atoms with Crippen molar-refractivity contribution in [2.45, 2.75) is 69.4 Å². The van der Waals surface area contributed by atoms with Crippen LogP contribution < -0.4 is 21.6 Å². The Kier molecular flexibility index (Phi) is 7.93. The number of aliphatic hydroxyl groups is 1. The molecule has 3 aliphatic rings. The van der Waals surface area contributed by atoms with Crippen LogP contribution in [0.4, 0.5) is 0 Å². The lowest BCUT2D eigenvalue weighted by Crippen LogP contribution is -2.58. The summed E-state index contributed by atoms with van der Waals surface area (Å²) < 4.78 is 23.2. The number of aliphatic hydroxyl groups excluding tert-OH is 1. The zero-order valence-corrected chi connectivity index (χ0v) is 24.7. The van der Waals surface area contributed by atoms with Gasteiger partial charge in [0.25, 0.3) is 14.1 Å². The van der Waals surface area contributed by atoms with Gasteiger partial charge in [-0.3, -0.25) is 14.3 Å². The molecular weight excluding hydrogens is 545 g/mol. The Hall–Kier alpha value is -2.43. The molecule has 0 unspecified atom stereocenters. The first-order chi connectivity index (χ1) is 19.4. The smallest absolute Gasteiger partial charge is 0.330 e. The van der Waals surface area contributed by atoms with Crippen LogP contribution in [0.2, 0.25) is 12.6 Å². The first-order valence-corrected chi connectivity index (χ1v) is 17.8. The largest absolute Gasteiger partial charge is 0.394 e. The van der Waals surface area contributed by atoms with Crippen LogP contribution >= 0.6 is 8.53 Å². The molecule has 40 heavy (non-hydrogen) atoms. The molecule has 0 amide bonds. The SMILES string of the molecule is Cc1cn([C@H]2C[C@@H](O[P@]3O[C@@H](C[Si](C)(c4ccccc4)c4ccccc4)[C@H]4CCCN43)[C@@H](CO)O2)c(=O)[nH]c1=O. The first-order valence-electron chi connectivity index (χ1n) is 14.0. The molecule has 3 saturated heterocycles. The van der Waals surface area contributed by atoms with Crippen LogP contribution in [0.15, 0.2) is 76.4 Å². The fourth-order valence-electron chi connectivity index (χ4n) is 6.34. The highest BCUT2D eigenvalue weighted by molar-refractivity contribution is 7.45. The van der Waals surface area contributed by atoms with Crippen LogP contribution in [0, 0.1) is 6.92 Å². The van der Waals surface area contributed by atoms with Gasteiger partial charge in [0.15, 0.2) is 0 Å². The highest BCUT2D eigenvalue weighted by atomic mass is 31.2. The van der Waals surface area contributed by atoms with Crippen molar-refractivity contribution in [3.05, 3.63) is 93.3 Å². The zero-order valence-electron chi connectivity index (χ0n) is 22.8. The van der Waals surface area contributed by atoms with Crippen molar-refractivity contribution in [2.24, 2.45) is 0 Å². The Morgan fingerprint density at radius 1 is 1.07 bits per heavy atom. The third-order valence-electron chi connectivity index (χ3n) is 8.61. The average molecular weight is 582 g/mol. The van der Waals surface area contributed by atoms with E-state index in [1.165, 1.54) is 21.1 Å². The Bertz CT molecular complexity index is 1400. The summed E-state index contributed by atoms with van der Waals surface area (Å²) in [6.45, 7) is 4.76. The quantitative estimate of drug-likeness (QED) is 0.311. The van der Waals surface area contributed by atoms with Gasteiger partial charge in [0.1, 0.15) is 20.4 Å². The fourth-order valence-corrected chi connectivity index (χ4v) is 12.3. The molecule has 4 heterocycles. The van der Waals surface area contributed by atoms with Crippen LogP contribution in [0.1, 0.15) is 31.1 Å². The second-order valence-corrected chi connectivity index (χ2v) is 16.8. The second-order valence-electron chi connectivity index (χ2n) is 11.2. The minimum Gasteiger partial charge on any atom is -0.394 e. The highest BCUT2D eigenvalue weighted by Crippen LogP contribution is 2.58. The molecule has 1 aromatic heterocycles. The summed E-state index contributed by atoms with van der Waals surface area (Å²) in [5.74, 6) is 0. The maximum absolute atomic E-state index is 12.5. The minimum atomic E-state index is -2.12. The number of nitrogens with one attached hydrogen (secondary N) is 1. The lowest BCUT2D eigenvalue weighted by atomic mass is 10.1. The van der Waals surface area contributed by atoms with Gasteiger partial charge in [-0.1, -0.05) is 77.6 Å². The minimum absolute atomic E-state index is 0.0425. The first kappa shape index (κ1) is 27.7. The molecule has 11 heteroatoms. The summed E-state index contributed by atoms with van der Waals surface area (Å²) in [6.07, 6.45) is 2.42. The Morgan fingerprint density at radius 3 is 2.40 bits per heavy atom. The van der Waals surface area contributed by atoms with Crippen molar-refractivity contribution in [1.29, 1.82) is 0 Å². The zero-order chi connectivity index (χ0) is 27.9. The number of aromatic nitrogens is 2. The molecule has 0 bridgehead atoms. The molecule has 9 nitrogen and oxygen atoms in total. The van der Waals surface area contributed by atoms with Gasteiger partial charge >= 0.3 is 5.69 Å². The number of hydrogen-bond acceptors (Lipinski definition) is 7. The van der Waals surface area contributed by atoms with Crippen molar-refractivity contribution in [3.63, 3.8) is 0 Å². The number of hydrogen-bond donors (Lipinski definition) is 2. The maximum Gasteiger partial charge on any atom is 0.330 e. The number of benzene rings is 2. The highest BCUT2D eigenvalue weighted by Gasteiger charge is 2.51. The van der Waals surface area contributed by atoms with Crippen LogP contribution in [0.5, 0.6) is 0 Å². The van der Waals surface area contributed by atoms with Gasteiger partial charge in [-0.05, 0) is 25.8 Å². The molecule has 3 fully saturated rings. The third kappa shape index (κ3) is 5.18. The number of aryl methyl sites for hydroxylation is 1. The lowest BCUT2D eigenvalue weighted by molar-refractivity contribution is -0.0429. The molecule has 2 aromatic carbocycles. The summed E-state index contributed by atoms with van der Waals surface area (Å²) in [6, 6.07) is 22.9. The molecule has 0 aliphatic carbocycles. The topological polar surface area (TPSA) is 106 Å². The number of rotatable bonds is 8. The molecule has 212 valence electrons. The van der Waals surface area contributed by atoms with Crippen LogP contribution in [0.3, 0.4) is 0 Å². The number of H-pyrrole nitrogens is 1. The van der Waals surface area contributed by atoms with Crippen LogP contribution in [0.25, 0.3) is 0 Å². The maximum atomic E-state index is 12.5. The van der Waals surface area contributed by atoms with Crippen molar-refractivity contribution < 1.29 is 18.9 Å². The summed E-state index contributed by atoms with van der Waals surface area (Å²) >= 11 is 0. The normalized spacial score (nSPS) is 28.7. The van der Waals surface area contributed by atoms with E-state index in [1.54, 1.807) is 6.92 Å². The lowest BCUT2D eigenvalue weighted by Gasteiger charge is -2.32. The number of nitrogens with zero attached hydrogens (tertiary/aromatic N) is 2. The van der Waals surface area contributed by atoms with E-state index in [1.807, 2.05) is 0 Å². The van der Waals surface area contributed by atoms with Crippen molar-refractivity contribution >= 4 is 27.0 Å².